The van der Waals surface area contributed by atoms with Crippen molar-refractivity contribution in [2.45, 2.75) is 19.4 Å². The molecule has 2 aliphatic heterocycles. The molecule has 7 heteroatoms. The van der Waals surface area contributed by atoms with Crippen molar-refractivity contribution < 1.29 is 9.47 Å². The molecule has 2 fully saturated rings. The molecular weight excluding hydrogens is 361 g/mol. The predicted molar refractivity (Wildman–Crippen MR) is 107 cm³/mol. The minimum atomic E-state index is 0. The van der Waals surface area contributed by atoms with Crippen LogP contribution in [0.3, 0.4) is 0 Å². The van der Waals surface area contributed by atoms with Crippen molar-refractivity contribution in [1.29, 1.82) is 0 Å². The number of rotatable bonds is 6. The third-order valence-electron chi connectivity index (χ3n) is 4.94. The number of nitrogens with zero attached hydrogens (tertiary/aromatic N) is 2. The third-order valence-corrected chi connectivity index (χ3v) is 4.94. The van der Waals surface area contributed by atoms with Crippen LogP contribution in [-0.4, -0.2) is 75.4 Å². The summed E-state index contributed by atoms with van der Waals surface area (Å²) < 4.78 is 11.3. The maximum absolute atomic E-state index is 5.92. The van der Waals surface area contributed by atoms with Gasteiger partial charge in [-0.2, -0.15) is 0 Å². The van der Waals surface area contributed by atoms with Gasteiger partial charge >= 0.3 is 0 Å². The van der Waals surface area contributed by atoms with Crippen LogP contribution in [0.25, 0.3) is 0 Å². The Morgan fingerprint density at radius 1 is 1.12 bits per heavy atom. The average Bonchev–Trinajstić information content (AvgIpc) is 3.11. The summed E-state index contributed by atoms with van der Waals surface area (Å²) in [5.74, 6) is 1.66. The molecule has 0 aliphatic carbocycles. The van der Waals surface area contributed by atoms with Gasteiger partial charge in [0, 0.05) is 45.3 Å². The van der Waals surface area contributed by atoms with Crippen LogP contribution in [0.15, 0.2) is 18.2 Å². The normalized spacial score (nSPS) is 21.3. The van der Waals surface area contributed by atoms with Crippen molar-refractivity contribution in [2.75, 3.05) is 59.5 Å². The van der Waals surface area contributed by atoms with E-state index in [1.54, 1.807) is 7.11 Å². The van der Waals surface area contributed by atoms with Crippen molar-refractivity contribution in [2.24, 2.45) is 0 Å². The Kier molecular flexibility index (Phi) is 9.90. The molecule has 0 spiro atoms. The van der Waals surface area contributed by atoms with Gasteiger partial charge in [0.15, 0.2) is 11.5 Å². The van der Waals surface area contributed by atoms with Gasteiger partial charge in [0.25, 0.3) is 0 Å². The summed E-state index contributed by atoms with van der Waals surface area (Å²) in [6.45, 7) is 10.7. The number of ether oxygens (including phenoxy) is 2. The average molecular weight is 392 g/mol. The lowest BCUT2D eigenvalue weighted by atomic mass is 10.2. The Balaban J connectivity index is 0.00000156. The molecule has 25 heavy (non-hydrogen) atoms. The number of aryl methyl sites for hydroxylation is 1. The van der Waals surface area contributed by atoms with Gasteiger partial charge in [0.05, 0.1) is 7.11 Å². The van der Waals surface area contributed by atoms with Crippen LogP contribution in [0.2, 0.25) is 0 Å². The number of hydrogen-bond acceptors (Lipinski definition) is 5. The van der Waals surface area contributed by atoms with E-state index in [2.05, 4.69) is 28.1 Å². The standard InChI is InChI=1S/C18H29N3O2.2ClH/c1-15-3-4-17(18(13-15)22-2)23-12-11-20-7-9-21(10-8-20)16-5-6-19-14-16;;/h3-4,13,16,19H,5-12,14H2,1-2H3;2*1H. The van der Waals surface area contributed by atoms with Gasteiger partial charge in [-0.05, 0) is 37.6 Å². The number of piperazine rings is 1. The zero-order chi connectivity index (χ0) is 16.1. The highest BCUT2D eigenvalue weighted by Gasteiger charge is 2.25. The van der Waals surface area contributed by atoms with E-state index < -0.39 is 0 Å². The fourth-order valence-electron chi connectivity index (χ4n) is 3.48. The lowest BCUT2D eigenvalue weighted by Crippen LogP contribution is -2.51. The maximum Gasteiger partial charge on any atom is 0.161 e. The predicted octanol–water partition coefficient (Wildman–Crippen LogP) is 2.21. The van der Waals surface area contributed by atoms with Crippen LogP contribution in [-0.2, 0) is 0 Å². The monoisotopic (exact) mass is 391 g/mol. The fourth-order valence-corrected chi connectivity index (χ4v) is 3.48. The Labute approximate surface area is 163 Å². The first-order valence-electron chi connectivity index (χ1n) is 8.71. The summed E-state index contributed by atoms with van der Waals surface area (Å²) in [5, 5.41) is 3.46. The van der Waals surface area contributed by atoms with E-state index in [1.807, 2.05) is 12.1 Å². The second-order valence-corrected chi connectivity index (χ2v) is 6.53. The molecule has 5 nitrogen and oxygen atoms in total. The number of hydrogen-bond donors (Lipinski definition) is 1. The molecule has 0 amide bonds. The maximum atomic E-state index is 5.92. The van der Waals surface area contributed by atoms with E-state index >= 15 is 0 Å². The van der Waals surface area contributed by atoms with E-state index in [4.69, 9.17) is 9.47 Å². The molecule has 2 heterocycles. The lowest BCUT2D eigenvalue weighted by molar-refractivity contribution is 0.0917. The fraction of sp³-hybridized carbons (Fsp3) is 0.667. The van der Waals surface area contributed by atoms with Gasteiger partial charge in [-0.25, -0.2) is 0 Å². The minimum absolute atomic E-state index is 0. The topological polar surface area (TPSA) is 37.0 Å². The van der Waals surface area contributed by atoms with Crippen LogP contribution in [0.4, 0.5) is 0 Å². The van der Waals surface area contributed by atoms with Gasteiger partial charge in [-0.15, -0.1) is 24.8 Å². The van der Waals surface area contributed by atoms with Crippen molar-refractivity contribution in [3.63, 3.8) is 0 Å². The second kappa shape index (κ2) is 11.1. The molecule has 1 unspecified atom stereocenters. The Bertz CT molecular complexity index is 505. The number of methoxy groups -OCH3 is 1. The van der Waals surface area contributed by atoms with Gasteiger partial charge < -0.3 is 14.8 Å². The first-order chi connectivity index (χ1) is 11.3. The molecule has 1 aromatic rings. The highest BCUT2D eigenvalue weighted by molar-refractivity contribution is 5.85. The number of benzene rings is 1. The molecule has 1 N–H and O–H groups in total. The van der Waals surface area contributed by atoms with Crippen molar-refractivity contribution in [3.8, 4) is 11.5 Å². The molecule has 0 radical (unpaired) electrons. The SMILES string of the molecule is COc1cc(C)ccc1OCCN1CCN(C2CCNC2)CC1.Cl.Cl. The molecule has 0 aromatic heterocycles. The molecule has 1 atom stereocenters. The molecular formula is C18H31Cl2N3O2. The van der Waals surface area contributed by atoms with Crippen molar-refractivity contribution in [1.82, 2.24) is 15.1 Å². The minimum Gasteiger partial charge on any atom is -0.493 e. The molecule has 0 bridgehead atoms. The number of halogens is 2. The Morgan fingerprint density at radius 2 is 1.88 bits per heavy atom. The van der Waals surface area contributed by atoms with Crippen LogP contribution < -0.4 is 14.8 Å². The van der Waals surface area contributed by atoms with Gasteiger partial charge in [0.2, 0.25) is 0 Å². The molecule has 0 saturated carbocycles. The molecule has 1 aromatic carbocycles. The summed E-state index contributed by atoms with van der Waals surface area (Å²) in [7, 11) is 1.69. The second-order valence-electron chi connectivity index (χ2n) is 6.53. The Morgan fingerprint density at radius 3 is 2.52 bits per heavy atom. The van der Waals surface area contributed by atoms with Crippen LogP contribution in [0.5, 0.6) is 11.5 Å². The molecule has 2 aliphatic rings. The lowest BCUT2D eigenvalue weighted by Gasteiger charge is -2.37. The van der Waals surface area contributed by atoms with Gasteiger partial charge in [0.1, 0.15) is 6.61 Å². The van der Waals surface area contributed by atoms with Crippen LogP contribution in [0, 0.1) is 6.92 Å². The van der Waals surface area contributed by atoms with Crippen molar-refractivity contribution >= 4 is 24.8 Å². The zero-order valence-electron chi connectivity index (χ0n) is 15.2. The summed E-state index contributed by atoms with van der Waals surface area (Å²) in [4.78, 5) is 5.14. The molecule has 2 saturated heterocycles. The first-order valence-corrected chi connectivity index (χ1v) is 8.71. The summed E-state index contributed by atoms with van der Waals surface area (Å²) in [5.41, 5.74) is 1.19. The highest BCUT2D eigenvalue weighted by atomic mass is 35.5. The van der Waals surface area contributed by atoms with E-state index in [1.165, 1.54) is 31.6 Å². The quantitative estimate of drug-likeness (QED) is 0.804. The van der Waals surface area contributed by atoms with E-state index in [9.17, 15) is 0 Å². The van der Waals surface area contributed by atoms with E-state index in [-0.39, 0.29) is 24.8 Å². The number of nitrogens with one attached hydrogen (secondary N) is 1. The summed E-state index contributed by atoms with van der Waals surface area (Å²) >= 11 is 0. The molecule has 3 rings (SSSR count). The molecule has 144 valence electrons. The van der Waals surface area contributed by atoms with E-state index in [0.29, 0.717) is 6.61 Å². The zero-order valence-corrected chi connectivity index (χ0v) is 16.8. The van der Waals surface area contributed by atoms with Gasteiger partial charge in [-0.3, -0.25) is 9.80 Å². The highest BCUT2D eigenvalue weighted by Crippen LogP contribution is 2.27. The first kappa shape index (κ1) is 22.3. The van der Waals surface area contributed by atoms with Crippen LogP contribution >= 0.6 is 24.8 Å². The van der Waals surface area contributed by atoms with Gasteiger partial charge in [-0.1, -0.05) is 6.07 Å². The third kappa shape index (κ3) is 6.19. The summed E-state index contributed by atoms with van der Waals surface area (Å²) in [6, 6.07) is 6.83. The smallest absolute Gasteiger partial charge is 0.161 e. The largest absolute Gasteiger partial charge is 0.493 e. The summed E-state index contributed by atoms with van der Waals surface area (Å²) in [6.07, 6.45) is 1.30. The Hall–Kier alpha value is -0.720. The van der Waals surface area contributed by atoms with Crippen molar-refractivity contribution in [3.05, 3.63) is 23.8 Å². The van der Waals surface area contributed by atoms with Crippen LogP contribution in [0.1, 0.15) is 12.0 Å². The van der Waals surface area contributed by atoms with E-state index in [0.717, 1.165) is 43.7 Å².